The lowest BCUT2D eigenvalue weighted by atomic mass is 10.3. The fourth-order valence-corrected chi connectivity index (χ4v) is 2.15. The minimum Gasteiger partial charge on any atom is -0.489 e. The molecule has 0 amide bonds. The van der Waals surface area contributed by atoms with Crippen LogP contribution < -0.4 is 10.3 Å². The number of para-hydroxylation sites is 2. The van der Waals surface area contributed by atoms with Crippen LogP contribution in [0, 0.1) is 0 Å². The Balaban J connectivity index is 2.49. The van der Waals surface area contributed by atoms with E-state index in [0.717, 1.165) is 11.4 Å². The summed E-state index contributed by atoms with van der Waals surface area (Å²) in [6.45, 7) is 3.93. The van der Waals surface area contributed by atoms with Crippen molar-refractivity contribution in [1.82, 2.24) is 3.96 Å². The third-order valence-corrected chi connectivity index (χ3v) is 2.87. The molecule has 2 rings (SSSR count). The Morgan fingerprint density at radius 3 is 2.62 bits per heavy atom. The maximum absolute atomic E-state index is 11.6. The summed E-state index contributed by atoms with van der Waals surface area (Å²) in [5, 5.41) is 1.77. The van der Waals surface area contributed by atoms with E-state index in [-0.39, 0.29) is 11.7 Å². The number of hydrogen-bond acceptors (Lipinski definition) is 3. The average Bonchev–Trinajstić information content (AvgIpc) is 2.64. The zero-order valence-corrected chi connectivity index (χ0v) is 10.0. The third-order valence-electron chi connectivity index (χ3n) is 2.02. The largest absolute Gasteiger partial charge is 0.489 e. The topological polar surface area (TPSA) is 31.2 Å². The van der Waals surface area contributed by atoms with Crippen LogP contribution in [0.4, 0.5) is 0 Å². The smallest absolute Gasteiger partial charge is 0.265 e. The molecule has 0 unspecified atom stereocenters. The second-order valence-electron chi connectivity index (χ2n) is 3.68. The molecule has 1 aromatic carbocycles. The standard InChI is InChI=1S/C12H13NO2S/c1-9(2)15-11-6-4-3-5-10(11)13-12(14)7-8-16-13/h3-9H,1-2H3. The molecule has 0 radical (unpaired) electrons. The molecule has 0 atom stereocenters. The van der Waals surface area contributed by atoms with E-state index >= 15 is 0 Å². The second kappa shape index (κ2) is 4.53. The van der Waals surface area contributed by atoms with Gasteiger partial charge in [-0.05, 0) is 26.0 Å². The fraction of sp³-hybridized carbons (Fsp3) is 0.250. The van der Waals surface area contributed by atoms with Gasteiger partial charge in [0.25, 0.3) is 5.56 Å². The van der Waals surface area contributed by atoms with E-state index in [1.807, 2.05) is 38.1 Å². The molecule has 0 aliphatic rings. The summed E-state index contributed by atoms with van der Waals surface area (Å²) in [7, 11) is 0. The summed E-state index contributed by atoms with van der Waals surface area (Å²) in [5.41, 5.74) is 0.779. The Morgan fingerprint density at radius 1 is 1.25 bits per heavy atom. The minimum atomic E-state index is -0.0233. The van der Waals surface area contributed by atoms with E-state index < -0.39 is 0 Å². The molecule has 0 spiro atoms. The molecule has 0 N–H and O–H groups in total. The summed E-state index contributed by atoms with van der Waals surface area (Å²) in [4.78, 5) is 11.6. The van der Waals surface area contributed by atoms with E-state index in [2.05, 4.69) is 0 Å². The number of hydrogen-bond donors (Lipinski definition) is 0. The number of ether oxygens (including phenoxy) is 1. The highest BCUT2D eigenvalue weighted by atomic mass is 32.1. The Hall–Kier alpha value is -1.55. The molecule has 0 saturated heterocycles. The van der Waals surface area contributed by atoms with Crippen LogP contribution in [0.5, 0.6) is 5.75 Å². The predicted molar refractivity (Wildman–Crippen MR) is 65.7 cm³/mol. The molecule has 1 aromatic heterocycles. The van der Waals surface area contributed by atoms with Gasteiger partial charge >= 0.3 is 0 Å². The molecule has 0 fully saturated rings. The molecule has 3 nitrogen and oxygen atoms in total. The van der Waals surface area contributed by atoms with E-state index in [9.17, 15) is 4.79 Å². The monoisotopic (exact) mass is 235 g/mol. The van der Waals surface area contributed by atoms with Crippen molar-refractivity contribution in [1.29, 1.82) is 0 Å². The van der Waals surface area contributed by atoms with Gasteiger partial charge in [-0.25, -0.2) is 3.96 Å². The van der Waals surface area contributed by atoms with Crippen LogP contribution in [0.15, 0.2) is 40.5 Å². The van der Waals surface area contributed by atoms with Crippen molar-refractivity contribution in [3.8, 4) is 11.4 Å². The molecule has 0 aliphatic carbocycles. The highest BCUT2D eigenvalue weighted by molar-refractivity contribution is 7.04. The summed E-state index contributed by atoms with van der Waals surface area (Å²) >= 11 is 1.37. The lowest BCUT2D eigenvalue weighted by molar-refractivity contribution is 0.242. The molecule has 0 saturated carbocycles. The quantitative estimate of drug-likeness (QED) is 0.819. The SMILES string of the molecule is CC(C)Oc1ccccc1-n1sccc1=O. The van der Waals surface area contributed by atoms with E-state index in [1.54, 1.807) is 15.4 Å². The maximum atomic E-state index is 11.6. The number of nitrogens with zero attached hydrogens (tertiary/aromatic N) is 1. The molecule has 16 heavy (non-hydrogen) atoms. The van der Waals surface area contributed by atoms with Gasteiger partial charge in [-0.3, -0.25) is 4.79 Å². The van der Waals surface area contributed by atoms with Crippen LogP contribution in [0.25, 0.3) is 5.69 Å². The van der Waals surface area contributed by atoms with Crippen molar-refractivity contribution in [2.75, 3.05) is 0 Å². The van der Waals surface area contributed by atoms with Gasteiger partial charge in [0.15, 0.2) is 0 Å². The van der Waals surface area contributed by atoms with Gasteiger partial charge in [-0.15, -0.1) is 0 Å². The lowest BCUT2D eigenvalue weighted by Gasteiger charge is -2.13. The van der Waals surface area contributed by atoms with Crippen molar-refractivity contribution >= 4 is 11.5 Å². The van der Waals surface area contributed by atoms with Gasteiger partial charge in [-0.2, -0.15) is 0 Å². The summed E-state index contributed by atoms with van der Waals surface area (Å²) in [6.07, 6.45) is 0.0943. The van der Waals surface area contributed by atoms with Crippen LogP contribution >= 0.6 is 11.5 Å². The molecule has 2 aromatic rings. The highest BCUT2D eigenvalue weighted by Crippen LogP contribution is 2.23. The van der Waals surface area contributed by atoms with Gasteiger partial charge < -0.3 is 4.74 Å². The zero-order chi connectivity index (χ0) is 11.5. The van der Waals surface area contributed by atoms with E-state index in [1.165, 1.54) is 11.5 Å². The van der Waals surface area contributed by atoms with Crippen molar-refractivity contribution in [2.24, 2.45) is 0 Å². The van der Waals surface area contributed by atoms with Gasteiger partial charge in [0, 0.05) is 11.4 Å². The van der Waals surface area contributed by atoms with E-state index in [0.29, 0.717) is 0 Å². The van der Waals surface area contributed by atoms with Crippen molar-refractivity contribution in [2.45, 2.75) is 20.0 Å². The first-order valence-electron chi connectivity index (χ1n) is 5.11. The number of benzene rings is 1. The van der Waals surface area contributed by atoms with E-state index in [4.69, 9.17) is 4.74 Å². The molecule has 4 heteroatoms. The van der Waals surface area contributed by atoms with Crippen LogP contribution in [0.1, 0.15) is 13.8 Å². The van der Waals surface area contributed by atoms with Crippen LogP contribution in [-0.4, -0.2) is 10.1 Å². The summed E-state index contributed by atoms with van der Waals surface area (Å²) < 4.78 is 7.29. The fourth-order valence-electron chi connectivity index (χ4n) is 1.42. The number of rotatable bonds is 3. The summed E-state index contributed by atoms with van der Waals surface area (Å²) in [5.74, 6) is 0.738. The molecular weight excluding hydrogens is 222 g/mol. The maximum Gasteiger partial charge on any atom is 0.265 e. The molecular formula is C12H13NO2S. The molecule has 0 aliphatic heterocycles. The highest BCUT2D eigenvalue weighted by Gasteiger charge is 2.08. The van der Waals surface area contributed by atoms with Gasteiger partial charge in [0.1, 0.15) is 11.4 Å². The van der Waals surface area contributed by atoms with Crippen LogP contribution in [0.2, 0.25) is 0 Å². The van der Waals surface area contributed by atoms with Crippen LogP contribution in [-0.2, 0) is 0 Å². The second-order valence-corrected chi connectivity index (χ2v) is 4.52. The van der Waals surface area contributed by atoms with Gasteiger partial charge in [0.2, 0.25) is 0 Å². The molecule has 84 valence electrons. The van der Waals surface area contributed by atoms with Gasteiger partial charge in [-0.1, -0.05) is 23.7 Å². The van der Waals surface area contributed by atoms with Crippen molar-refractivity contribution < 1.29 is 4.74 Å². The molecule has 1 heterocycles. The van der Waals surface area contributed by atoms with Crippen LogP contribution in [0.3, 0.4) is 0 Å². The Bertz CT molecular complexity index is 528. The summed E-state index contributed by atoms with van der Waals surface area (Å²) in [6, 6.07) is 9.11. The van der Waals surface area contributed by atoms with Crippen molar-refractivity contribution in [3.05, 3.63) is 46.1 Å². The molecule has 0 bridgehead atoms. The number of aromatic nitrogens is 1. The Morgan fingerprint density at radius 2 is 2.00 bits per heavy atom. The first kappa shape index (κ1) is 11.0. The Labute approximate surface area is 98.1 Å². The minimum absolute atomic E-state index is 0.0233. The Kier molecular flexibility index (Phi) is 3.10. The average molecular weight is 235 g/mol. The zero-order valence-electron chi connectivity index (χ0n) is 9.21. The first-order chi connectivity index (χ1) is 7.68. The lowest BCUT2D eigenvalue weighted by Crippen LogP contribution is -2.13. The first-order valence-corrected chi connectivity index (χ1v) is 5.95. The third kappa shape index (κ3) is 2.17. The normalized spacial score (nSPS) is 10.7. The predicted octanol–water partition coefficient (Wildman–Crippen LogP) is 2.69. The van der Waals surface area contributed by atoms with Crippen molar-refractivity contribution in [3.63, 3.8) is 0 Å². The van der Waals surface area contributed by atoms with Gasteiger partial charge in [0.05, 0.1) is 6.10 Å².